The zero-order valence-electron chi connectivity index (χ0n) is 11.3. The van der Waals surface area contributed by atoms with Gasteiger partial charge in [0.25, 0.3) is 0 Å². The van der Waals surface area contributed by atoms with Gasteiger partial charge in [-0.2, -0.15) is 0 Å². The average Bonchev–Trinajstić information content (AvgIpc) is 2.39. The van der Waals surface area contributed by atoms with Crippen molar-refractivity contribution in [3.63, 3.8) is 0 Å². The van der Waals surface area contributed by atoms with Gasteiger partial charge >= 0.3 is 5.97 Å². The molecule has 0 bridgehead atoms. The highest BCUT2D eigenvalue weighted by molar-refractivity contribution is 5.85. The molecule has 5 nitrogen and oxygen atoms in total. The first-order valence-corrected chi connectivity index (χ1v) is 5.76. The summed E-state index contributed by atoms with van der Waals surface area (Å²) in [5, 5.41) is 0. The summed E-state index contributed by atoms with van der Waals surface area (Å²) in [5.74, 6) is 0.371. The van der Waals surface area contributed by atoms with Crippen LogP contribution in [-0.2, 0) is 9.53 Å². The van der Waals surface area contributed by atoms with Gasteiger partial charge in [0.15, 0.2) is 11.5 Å². The van der Waals surface area contributed by atoms with Crippen LogP contribution in [0.15, 0.2) is 18.2 Å². The maximum Gasteiger partial charge on any atom is 0.314 e. The first kappa shape index (κ1) is 17.5. The first-order chi connectivity index (χ1) is 8.67. The predicted octanol–water partition coefficient (Wildman–Crippen LogP) is 1.73. The highest BCUT2D eigenvalue weighted by atomic mass is 35.5. The number of halogens is 1. The summed E-state index contributed by atoms with van der Waals surface area (Å²) < 4.78 is 15.3. The van der Waals surface area contributed by atoms with E-state index in [4.69, 9.17) is 19.9 Å². The summed E-state index contributed by atoms with van der Waals surface area (Å²) >= 11 is 0. The van der Waals surface area contributed by atoms with Gasteiger partial charge in [-0.3, -0.25) is 4.79 Å². The molecule has 1 rings (SSSR count). The second kappa shape index (κ2) is 8.61. The minimum Gasteiger partial charge on any atom is -0.493 e. The van der Waals surface area contributed by atoms with Crippen molar-refractivity contribution in [2.75, 3.05) is 27.4 Å². The molecule has 1 aromatic rings. The number of ether oxygens (including phenoxy) is 3. The monoisotopic (exact) mass is 289 g/mol. The molecule has 0 spiro atoms. The largest absolute Gasteiger partial charge is 0.493 e. The third-order valence-electron chi connectivity index (χ3n) is 2.62. The molecule has 6 heteroatoms. The van der Waals surface area contributed by atoms with E-state index in [1.165, 1.54) is 0 Å². The van der Waals surface area contributed by atoms with E-state index < -0.39 is 5.92 Å². The number of nitrogens with two attached hydrogens (primary N) is 1. The van der Waals surface area contributed by atoms with Crippen LogP contribution in [-0.4, -0.2) is 33.3 Å². The molecule has 0 aliphatic rings. The Labute approximate surface area is 119 Å². The molecular formula is C13H20ClNO4. The van der Waals surface area contributed by atoms with Crippen molar-refractivity contribution in [2.45, 2.75) is 12.8 Å². The molecule has 1 aromatic carbocycles. The molecule has 2 N–H and O–H groups in total. The lowest BCUT2D eigenvalue weighted by molar-refractivity contribution is -0.144. The van der Waals surface area contributed by atoms with E-state index in [2.05, 4.69) is 0 Å². The third kappa shape index (κ3) is 4.29. The van der Waals surface area contributed by atoms with Crippen LogP contribution in [0.2, 0.25) is 0 Å². The minimum atomic E-state index is -0.482. The molecule has 0 radical (unpaired) electrons. The molecular weight excluding hydrogens is 270 g/mol. The van der Waals surface area contributed by atoms with Crippen LogP contribution in [0.3, 0.4) is 0 Å². The van der Waals surface area contributed by atoms with Crippen LogP contribution in [0.4, 0.5) is 0 Å². The zero-order valence-corrected chi connectivity index (χ0v) is 12.2. The Hall–Kier alpha value is -1.46. The van der Waals surface area contributed by atoms with Crippen LogP contribution in [0, 0.1) is 0 Å². The Kier molecular flexibility index (Phi) is 7.95. The van der Waals surface area contributed by atoms with Gasteiger partial charge < -0.3 is 19.9 Å². The molecule has 0 heterocycles. The number of hydrogen-bond acceptors (Lipinski definition) is 5. The number of esters is 1. The fraction of sp³-hybridized carbons (Fsp3) is 0.462. The number of carbonyl (C=O) groups is 1. The maximum atomic E-state index is 11.8. The van der Waals surface area contributed by atoms with Gasteiger partial charge in [0.1, 0.15) is 0 Å². The van der Waals surface area contributed by atoms with Crippen molar-refractivity contribution in [3.8, 4) is 11.5 Å². The van der Waals surface area contributed by atoms with Gasteiger partial charge in [-0.25, -0.2) is 0 Å². The van der Waals surface area contributed by atoms with Gasteiger partial charge in [-0.15, -0.1) is 12.4 Å². The smallest absolute Gasteiger partial charge is 0.314 e. The lowest BCUT2D eigenvalue weighted by atomic mass is 9.99. The molecule has 19 heavy (non-hydrogen) atoms. The highest BCUT2D eigenvalue weighted by Gasteiger charge is 2.21. The van der Waals surface area contributed by atoms with Gasteiger partial charge in [-0.1, -0.05) is 6.07 Å². The fourth-order valence-electron chi connectivity index (χ4n) is 1.68. The molecule has 0 saturated heterocycles. The molecule has 1 atom stereocenters. The molecule has 0 saturated carbocycles. The summed E-state index contributed by atoms with van der Waals surface area (Å²) in [4.78, 5) is 11.8. The average molecular weight is 290 g/mol. The van der Waals surface area contributed by atoms with Gasteiger partial charge in [-0.05, 0) is 24.6 Å². The highest BCUT2D eigenvalue weighted by Crippen LogP contribution is 2.30. The van der Waals surface area contributed by atoms with E-state index in [0.717, 1.165) is 5.56 Å². The molecule has 0 aromatic heterocycles. The van der Waals surface area contributed by atoms with Crippen molar-refractivity contribution in [3.05, 3.63) is 23.8 Å². The van der Waals surface area contributed by atoms with Crippen LogP contribution >= 0.6 is 12.4 Å². The summed E-state index contributed by atoms with van der Waals surface area (Å²) in [7, 11) is 3.10. The molecule has 0 fully saturated rings. The second-order valence-corrected chi connectivity index (χ2v) is 3.65. The normalized spacial score (nSPS) is 11.2. The van der Waals surface area contributed by atoms with Crippen LogP contribution < -0.4 is 15.2 Å². The molecule has 108 valence electrons. The third-order valence-corrected chi connectivity index (χ3v) is 2.62. The second-order valence-electron chi connectivity index (χ2n) is 3.65. The number of benzene rings is 1. The molecule has 0 aliphatic carbocycles. The number of rotatable bonds is 6. The SMILES string of the molecule is CCOC(=O)C(CN)c1ccc(OC)c(OC)c1.Cl. The summed E-state index contributed by atoms with van der Waals surface area (Å²) in [6.07, 6.45) is 0. The van der Waals surface area contributed by atoms with Crippen molar-refractivity contribution in [2.24, 2.45) is 5.73 Å². The summed E-state index contributed by atoms with van der Waals surface area (Å²) in [6.45, 7) is 2.29. The topological polar surface area (TPSA) is 70.8 Å². The van der Waals surface area contributed by atoms with Crippen LogP contribution in [0.25, 0.3) is 0 Å². The zero-order chi connectivity index (χ0) is 13.5. The summed E-state index contributed by atoms with van der Waals surface area (Å²) in [5.41, 5.74) is 6.38. The maximum absolute atomic E-state index is 11.8. The lowest BCUT2D eigenvalue weighted by Crippen LogP contribution is -2.23. The van der Waals surface area contributed by atoms with Gasteiger partial charge in [0.2, 0.25) is 0 Å². The van der Waals surface area contributed by atoms with Gasteiger partial charge in [0, 0.05) is 6.54 Å². The van der Waals surface area contributed by atoms with E-state index in [9.17, 15) is 4.79 Å². The van der Waals surface area contributed by atoms with E-state index in [1.54, 1.807) is 39.3 Å². The standard InChI is InChI=1S/C13H19NO4.ClH/c1-4-18-13(15)10(8-14)9-5-6-11(16-2)12(7-9)17-3;/h5-7,10H,4,8,14H2,1-3H3;1H. The lowest BCUT2D eigenvalue weighted by Gasteiger charge is -2.16. The van der Waals surface area contributed by atoms with Crippen molar-refractivity contribution >= 4 is 18.4 Å². The number of methoxy groups -OCH3 is 2. The van der Waals surface area contributed by atoms with Crippen molar-refractivity contribution in [1.29, 1.82) is 0 Å². The van der Waals surface area contributed by atoms with Crippen molar-refractivity contribution < 1.29 is 19.0 Å². The number of hydrogen-bond donors (Lipinski definition) is 1. The fourth-order valence-corrected chi connectivity index (χ4v) is 1.68. The van der Waals surface area contributed by atoms with Crippen molar-refractivity contribution in [1.82, 2.24) is 0 Å². The molecule has 0 amide bonds. The Morgan fingerprint density at radius 1 is 1.26 bits per heavy atom. The predicted molar refractivity (Wildman–Crippen MR) is 75.2 cm³/mol. The summed E-state index contributed by atoms with van der Waals surface area (Å²) in [6, 6.07) is 5.28. The van der Waals surface area contributed by atoms with Crippen LogP contribution in [0.5, 0.6) is 11.5 Å². The number of carbonyl (C=O) groups excluding carboxylic acids is 1. The van der Waals surface area contributed by atoms with E-state index in [1.807, 2.05) is 0 Å². The Morgan fingerprint density at radius 2 is 1.89 bits per heavy atom. The van der Waals surface area contributed by atoms with E-state index >= 15 is 0 Å². The van der Waals surface area contributed by atoms with Crippen LogP contribution in [0.1, 0.15) is 18.4 Å². The molecule has 1 unspecified atom stereocenters. The Bertz CT molecular complexity index is 412. The quantitative estimate of drug-likeness (QED) is 0.808. The van der Waals surface area contributed by atoms with E-state index in [0.29, 0.717) is 18.1 Å². The Morgan fingerprint density at radius 3 is 2.37 bits per heavy atom. The van der Waals surface area contributed by atoms with E-state index in [-0.39, 0.29) is 24.9 Å². The minimum absolute atomic E-state index is 0. The Balaban J connectivity index is 0.00000324. The van der Waals surface area contributed by atoms with Gasteiger partial charge in [0.05, 0.1) is 26.7 Å². The molecule has 0 aliphatic heterocycles. The first-order valence-electron chi connectivity index (χ1n) is 5.76.